The molecule has 1 heterocycles. The van der Waals surface area contributed by atoms with Crippen LogP contribution in [0, 0.1) is 0 Å². The highest BCUT2D eigenvalue weighted by Gasteiger charge is 2.09. The Kier molecular flexibility index (Phi) is 5.83. The molecule has 2 rings (SSSR count). The SMILES string of the molecule is Nc1cccc(C(=O)NCCCCN2CCOCC2)c1. The number of nitrogen functional groups attached to an aromatic ring is 1. The number of benzene rings is 1. The molecule has 3 N–H and O–H groups in total. The van der Waals surface area contributed by atoms with Gasteiger partial charge in [0, 0.05) is 30.9 Å². The Balaban J connectivity index is 1.59. The van der Waals surface area contributed by atoms with E-state index < -0.39 is 0 Å². The maximum Gasteiger partial charge on any atom is 0.251 e. The second kappa shape index (κ2) is 7.87. The quantitative estimate of drug-likeness (QED) is 0.604. The van der Waals surface area contributed by atoms with Gasteiger partial charge in [0.05, 0.1) is 13.2 Å². The highest BCUT2D eigenvalue weighted by atomic mass is 16.5. The van der Waals surface area contributed by atoms with Crippen molar-refractivity contribution < 1.29 is 9.53 Å². The number of rotatable bonds is 6. The minimum Gasteiger partial charge on any atom is -0.399 e. The minimum atomic E-state index is -0.0522. The van der Waals surface area contributed by atoms with Gasteiger partial charge in [-0.3, -0.25) is 9.69 Å². The number of nitrogens with zero attached hydrogens (tertiary/aromatic N) is 1. The number of nitrogens with two attached hydrogens (primary N) is 1. The molecule has 0 saturated carbocycles. The van der Waals surface area contributed by atoms with Crippen LogP contribution in [0.3, 0.4) is 0 Å². The van der Waals surface area contributed by atoms with Gasteiger partial charge in [-0.2, -0.15) is 0 Å². The van der Waals surface area contributed by atoms with Crippen LogP contribution in [-0.4, -0.2) is 50.2 Å². The molecular formula is C15H23N3O2. The number of nitrogens with one attached hydrogen (secondary N) is 1. The maximum absolute atomic E-state index is 11.9. The molecule has 5 nitrogen and oxygen atoms in total. The van der Waals surface area contributed by atoms with Gasteiger partial charge in [-0.15, -0.1) is 0 Å². The Bertz CT molecular complexity index is 431. The monoisotopic (exact) mass is 277 g/mol. The predicted octanol–water partition coefficient (Wildman–Crippen LogP) is 1.11. The zero-order valence-corrected chi connectivity index (χ0v) is 11.8. The average Bonchev–Trinajstić information content (AvgIpc) is 2.48. The molecule has 1 aliphatic rings. The lowest BCUT2D eigenvalue weighted by atomic mass is 10.2. The molecule has 20 heavy (non-hydrogen) atoms. The fourth-order valence-electron chi connectivity index (χ4n) is 2.27. The Morgan fingerprint density at radius 3 is 2.85 bits per heavy atom. The predicted molar refractivity (Wildman–Crippen MR) is 79.7 cm³/mol. The van der Waals surface area contributed by atoms with Crippen molar-refractivity contribution in [2.45, 2.75) is 12.8 Å². The van der Waals surface area contributed by atoms with Crippen molar-refractivity contribution in [2.24, 2.45) is 0 Å². The number of carbonyl (C=O) groups is 1. The first-order valence-corrected chi connectivity index (χ1v) is 7.19. The lowest BCUT2D eigenvalue weighted by Crippen LogP contribution is -2.37. The summed E-state index contributed by atoms with van der Waals surface area (Å²) in [6, 6.07) is 7.05. The lowest BCUT2D eigenvalue weighted by Gasteiger charge is -2.26. The fraction of sp³-hybridized carbons (Fsp3) is 0.533. The molecule has 0 bridgehead atoms. The molecular weight excluding hydrogens is 254 g/mol. The Morgan fingerprint density at radius 1 is 1.30 bits per heavy atom. The van der Waals surface area contributed by atoms with Crippen molar-refractivity contribution in [3.8, 4) is 0 Å². The van der Waals surface area contributed by atoms with E-state index in [0.717, 1.165) is 45.7 Å². The zero-order chi connectivity index (χ0) is 14.2. The first kappa shape index (κ1) is 14.8. The van der Waals surface area contributed by atoms with E-state index >= 15 is 0 Å². The Hall–Kier alpha value is -1.59. The summed E-state index contributed by atoms with van der Waals surface area (Å²) in [5.41, 5.74) is 6.90. The Labute approximate surface area is 120 Å². The summed E-state index contributed by atoms with van der Waals surface area (Å²) in [6.07, 6.45) is 2.09. The molecule has 0 radical (unpaired) electrons. The van der Waals surface area contributed by atoms with Crippen molar-refractivity contribution >= 4 is 11.6 Å². The minimum absolute atomic E-state index is 0.0522. The van der Waals surface area contributed by atoms with Crippen molar-refractivity contribution in [2.75, 3.05) is 45.1 Å². The van der Waals surface area contributed by atoms with Crippen LogP contribution in [0.4, 0.5) is 5.69 Å². The first-order chi connectivity index (χ1) is 9.75. The molecule has 1 amide bonds. The van der Waals surface area contributed by atoms with Crippen molar-refractivity contribution in [3.05, 3.63) is 29.8 Å². The van der Waals surface area contributed by atoms with E-state index in [2.05, 4.69) is 10.2 Å². The molecule has 0 spiro atoms. The van der Waals surface area contributed by atoms with Crippen molar-refractivity contribution in [1.29, 1.82) is 0 Å². The van der Waals surface area contributed by atoms with Gasteiger partial charge >= 0.3 is 0 Å². The highest BCUT2D eigenvalue weighted by molar-refractivity contribution is 5.94. The van der Waals surface area contributed by atoms with Crippen LogP contribution in [0.15, 0.2) is 24.3 Å². The van der Waals surface area contributed by atoms with Crippen LogP contribution < -0.4 is 11.1 Å². The number of amides is 1. The van der Waals surface area contributed by atoms with Gasteiger partial charge in [0.1, 0.15) is 0 Å². The number of morpholine rings is 1. The molecule has 5 heteroatoms. The summed E-state index contributed by atoms with van der Waals surface area (Å²) in [5, 5.41) is 2.93. The number of anilines is 1. The average molecular weight is 277 g/mol. The van der Waals surface area contributed by atoms with E-state index in [-0.39, 0.29) is 5.91 Å². The molecule has 0 aromatic heterocycles. The summed E-state index contributed by atoms with van der Waals surface area (Å²) < 4.78 is 5.31. The summed E-state index contributed by atoms with van der Waals surface area (Å²) in [5.74, 6) is -0.0522. The van der Waals surface area contributed by atoms with Gasteiger partial charge in [0.25, 0.3) is 5.91 Å². The second-order valence-corrected chi connectivity index (χ2v) is 5.04. The van der Waals surface area contributed by atoms with Crippen molar-refractivity contribution in [1.82, 2.24) is 10.2 Å². The normalized spacial score (nSPS) is 16.0. The lowest BCUT2D eigenvalue weighted by molar-refractivity contribution is 0.0372. The van der Waals surface area contributed by atoms with Crippen LogP contribution in [0.1, 0.15) is 23.2 Å². The zero-order valence-electron chi connectivity index (χ0n) is 11.8. The van der Waals surface area contributed by atoms with E-state index in [0.29, 0.717) is 17.8 Å². The highest BCUT2D eigenvalue weighted by Crippen LogP contribution is 2.06. The third-order valence-corrected chi connectivity index (χ3v) is 3.44. The summed E-state index contributed by atoms with van der Waals surface area (Å²) in [6.45, 7) is 5.51. The van der Waals surface area contributed by atoms with Crippen LogP contribution in [0.5, 0.6) is 0 Å². The second-order valence-electron chi connectivity index (χ2n) is 5.04. The maximum atomic E-state index is 11.9. The topological polar surface area (TPSA) is 67.6 Å². The summed E-state index contributed by atoms with van der Waals surface area (Å²) in [7, 11) is 0. The first-order valence-electron chi connectivity index (χ1n) is 7.19. The van der Waals surface area contributed by atoms with Gasteiger partial charge < -0.3 is 15.8 Å². The molecule has 1 aromatic rings. The molecule has 1 saturated heterocycles. The van der Waals surface area contributed by atoms with Gasteiger partial charge in [-0.25, -0.2) is 0 Å². The Morgan fingerprint density at radius 2 is 2.10 bits per heavy atom. The number of unbranched alkanes of at least 4 members (excludes halogenated alkanes) is 1. The molecule has 0 aliphatic carbocycles. The molecule has 1 aromatic carbocycles. The molecule has 1 aliphatic heterocycles. The third-order valence-electron chi connectivity index (χ3n) is 3.44. The van der Waals surface area contributed by atoms with E-state index in [1.807, 2.05) is 0 Å². The van der Waals surface area contributed by atoms with Gasteiger partial charge in [-0.05, 0) is 37.6 Å². The van der Waals surface area contributed by atoms with Gasteiger partial charge in [-0.1, -0.05) is 6.07 Å². The van der Waals surface area contributed by atoms with Crippen LogP contribution in [0.25, 0.3) is 0 Å². The molecule has 1 fully saturated rings. The number of hydrogen-bond acceptors (Lipinski definition) is 4. The largest absolute Gasteiger partial charge is 0.399 e. The molecule has 0 atom stereocenters. The summed E-state index contributed by atoms with van der Waals surface area (Å²) in [4.78, 5) is 14.3. The van der Waals surface area contributed by atoms with Gasteiger partial charge in [0.15, 0.2) is 0 Å². The number of hydrogen-bond donors (Lipinski definition) is 2. The van der Waals surface area contributed by atoms with Gasteiger partial charge in [0.2, 0.25) is 0 Å². The summed E-state index contributed by atoms with van der Waals surface area (Å²) >= 11 is 0. The van der Waals surface area contributed by atoms with E-state index in [9.17, 15) is 4.79 Å². The molecule has 0 unspecified atom stereocenters. The van der Waals surface area contributed by atoms with Crippen LogP contribution in [0.2, 0.25) is 0 Å². The standard InChI is InChI=1S/C15H23N3O2/c16-14-5-3-4-13(12-14)15(19)17-6-1-2-7-18-8-10-20-11-9-18/h3-5,12H,1-2,6-11,16H2,(H,17,19). The third kappa shape index (κ3) is 4.83. The smallest absolute Gasteiger partial charge is 0.251 e. The number of carbonyl (C=O) groups excluding carboxylic acids is 1. The van der Waals surface area contributed by atoms with E-state index in [1.54, 1.807) is 24.3 Å². The van der Waals surface area contributed by atoms with E-state index in [4.69, 9.17) is 10.5 Å². The van der Waals surface area contributed by atoms with E-state index in [1.165, 1.54) is 0 Å². The fourth-order valence-corrected chi connectivity index (χ4v) is 2.27. The molecule has 110 valence electrons. The van der Waals surface area contributed by atoms with Crippen LogP contribution >= 0.6 is 0 Å². The van der Waals surface area contributed by atoms with Crippen LogP contribution in [-0.2, 0) is 4.74 Å². The number of ether oxygens (including phenoxy) is 1. The van der Waals surface area contributed by atoms with Crippen molar-refractivity contribution in [3.63, 3.8) is 0 Å².